The lowest BCUT2D eigenvalue weighted by Crippen LogP contribution is -2.65. The highest BCUT2D eigenvalue weighted by atomic mass is 16.5. The number of aliphatic hydroxyl groups is 1. The van der Waals surface area contributed by atoms with Gasteiger partial charge in [0.05, 0.1) is 20.6 Å². The minimum atomic E-state index is -2.71. The Morgan fingerprint density at radius 2 is 1.62 bits per heavy atom. The van der Waals surface area contributed by atoms with Crippen LogP contribution in [0.4, 0.5) is 0 Å². The molecular weight excluding hydrogens is 550 g/mol. The van der Waals surface area contributed by atoms with Crippen molar-refractivity contribution in [3.63, 3.8) is 0 Å². The summed E-state index contributed by atoms with van der Waals surface area (Å²) in [6.07, 6.45) is 6.89. The summed E-state index contributed by atoms with van der Waals surface area (Å²) in [5, 5.41) is 27.5. The molecule has 0 aliphatic carbocycles. The van der Waals surface area contributed by atoms with E-state index in [1.54, 1.807) is 13.0 Å². The predicted molar refractivity (Wildman–Crippen MR) is 154 cm³/mol. The van der Waals surface area contributed by atoms with E-state index in [-0.39, 0.29) is 12.3 Å². The van der Waals surface area contributed by atoms with Crippen LogP contribution in [0.15, 0.2) is 24.3 Å². The van der Waals surface area contributed by atoms with Crippen LogP contribution in [0.3, 0.4) is 0 Å². The minimum absolute atomic E-state index is 0.174. The molecule has 0 fully saturated rings. The normalized spacial score (nSPS) is 16.1. The minimum Gasteiger partial charge on any atom is -0.480 e. The molecule has 0 heterocycles. The van der Waals surface area contributed by atoms with Gasteiger partial charge in [0, 0.05) is 12.3 Å². The van der Waals surface area contributed by atoms with E-state index in [0.717, 1.165) is 46.8 Å². The van der Waals surface area contributed by atoms with Crippen molar-refractivity contribution >= 4 is 35.6 Å². The molecule has 13 nitrogen and oxygen atoms in total. The zero-order valence-electron chi connectivity index (χ0n) is 25.7. The summed E-state index contributed by atoms with van der Waals surface area (Å²) >= 11 is 0. The summed E-state index contributed by atoms with van der Waals surface area (Å²) in [6.45, 7) is 11.9. The van der Waals surface area contributed by atoms with Crippen LogP contribution in [0.5, 0.6) is 0 Å². The van der Waals surface area contributed by atoms with Crippen LogP contribution in [-0.4, -0.2) is 83.8 Å². The third-order valence-corrected chi connectivity index (χ3v) is 6.85. The van der Waals surface area contributed by atoms with Crippen LogP contribution in [0, 0.1) is 11.8 Å². The molecule has 0 aromatic heterocycles. The van der Waals surface area contributed by atoms with E-state index in [9.17, 15) is 39.0 Å². The van der Waals surface area contributed by atoms with Gasteiger partial charge in [-0.15, -0.1) is 0 Å². The Kier molecular flexibility index (Phi) is 17.0. The van der Waals surface area contributed by atoms with Gasteiger partial charge in [0.1, 0.15) is 12.1 Å². The van der Waals surface area contributed by atoms with Gasteiger partial charge in [0.15, 0.2) is 11.6 Å². The van der Waals surface area contributed by atoms with E-state index in [2.05, 4.69) is 38.9 Å². The van der Waals surface area contributed by atoms with E-state index in [4.69, 9.17) is 0 Å². The van der Waals surface area contributed by atoms with E-state index in [1.807, 2.05) is 13.0 Å². The van der Waals surface area contributed by atoms with Crippen LogP contribution in [0.2, 0.25) is 0 Å². The average molecular weight is 598 g/mol. The van der Waals surface area contributed by atoms with Crippen molar-refractivity contribution in [1.29, 1.82) is 0 Å². The molecule has 0 rings (SSSR count). The summed E-state index contributed by atoms with van der Waals surface area (Å²) in [4.78, 5) is 74.8. The molecule has 0 bridgehead atoms. The van der Waals surface area contributed by atoms with Crippen LogP contribution < -0.4 is 16.0 Å². The summed E-state index contributed by atoms with van der Waals surface area (Å²) in [5.74, 6) is -6.97. The molecule has 0 aromatic carbocycles. The van der Waals surface area contributed by atoms with Crippen molar-refractivity contribution < 1.29 is 48.5 Å². The number of methoxy groups -OCH3 is 2. The van der Waals surface area contributed by atoms with Gasteiger partial charge in [0.2, 0.25) is 11.8 Å². The molecule has 0 aromatic rings. The van der Waals surface area contributed by atoms with Crippen LogP contribution in [0.1, 0.15) is 73.1 Å². The molecule has 0 saturated heterocycles. The number of ether oxygens (including phenoxy) is 2. The number of unbranched alkanes of at least 4 members (excludes halogenated alkanes) is 2. The Morgan fingerprint density at radius 1 is 1.00 bits per heavy atom. The summed E-state index contributed by atoms with van der Waals surface area (Å²) < 4.78 is 9.16. The third kappa shape index (κ3) is 12.8. The molecule has 13 heteroatoms. The maximum absolute atomic E-state index is 13.2. The number of aliphatic carboxylic acids is 1. The molecule has 3 amide bonds. The predicted octanol–water partition coefficient (Wildman–Crippen LogP) is 1.39. The number of nitrogens with one attached hydrogen (secondary N) is 3. The highest BCUT2D eigenvalue weighted by molar-refractivity contribution is 5.98. The number of hydrogen-bond acceptors (Lipinski definition) is 9. The molecule has 42 heavy (non-hydrogen) atoms. The van der Waals surface area contributed by atoms with Crippen molar-refractivity contribution in [2.45, 2.75) is 96.9 Å². The second kappa shape index (κ2) is 18.6. The van der Waals surface area contributed by atoms with Gasteiger partial charge in [-0.1, -0.05) is 64.3 Å². The van der Waals surface area contributed by atoms with Gasteiger partial charge < -0.3 is 35.6 Å². The van der Waals surface area contributed by atoms with Gasteiger partial charge in [0.25, 0.3) is 5.91 Å². The zero-order valence-corrected chi connectivity index (χ0v) is 25.7. The first kappa shape index (κ1) is 38.3. The number of esters is 2. The summed E-state index contributed by atoms with van der Waals surface area (Å²) in [6, 6.07) is -4.99. The Balaban J connectivity index is 5.79. The molecule has 0 unspecified atom stereocenters. The molecule has 0 aliphatic rings. The largest absolute Gasteiger partial charge is 0.480 e. The van der Waals surface area contributed by atoms with Crippen LogP contribution >= 0.6 is 0 Å². The average Bonchev–Trinajstić information content (AvgIpc) is 2.92. The maximum Gasteiger partial charge on any atom is 0.329 e. The Labute approximate surface area is 247 Å². The Bertz CT molecular complexity index is 1010. The van der Waals surface area contributed by atoms with Gasteiger partial charge >= 0.3 is 17.9 Å². The fourth-order valence-corrected chi connectivity index (χ4v) is 3.85. The monoisotopic (exact) mass is 597 g/mol. The third-order valence-electron chi connectivity index (χ3n) is 6.85. The highest BCUT2D eigenvalue weighted by Crippen LogP contribution is 2.18. The van der Waals surface area contributed by atoms with Crippen LogP contribution in [-0.2, 0) is 38.2 Å². The van der Waals surface area contributed by atoms with Crippen molar-refractivity contribution in [2.75, 3.05) is 14.2 Å². The lowest BCUT2D eigenvalue weighted by Gasteiger charge is -2.33. The second-order valence-electron chi connectivity index (χ2n) is 10.5. The molecule has 238 valence electrons. The van der Waals surface area contributed by atoms with Crippen molar-refractivity contribution in [1.82, 2.24) is 16.0 Å². The number of carboxylic acid groups (broad SMARTS) is 1. The standard InChI is InChI=1S/C29H47N3O10/c1-9-10-11-13-18(4)14-12-15-21(33)31-24(26(36)37)29(6,40)28(39)32-23(19(5)17(2)3)25(35)30-20(27(38)42-8)16-22(34)41-7/h12,14,18-20,23-24,40H,2,9-11,13,15-16H2,1,3-8H3,(H,30,35)(H,31,33)(H,32,39)(H,36,37)/b14-12+/t18-,19+,20-,23-,24+,29-/m0/s1. The van der Waals surface area contributed by atoms with Gasteiger partial charge in [-0.25, -0.2) is 9.59 Å². The summed E-state index contributed by atoms with van der Waals surface area (Å²) in [7, 11) is 2.14. The van der Waals surface area contributed by atoms with Gasteiger partial charge in [-0.2, -0.15) is 0 Å². The fraction of sp³-hybridized carbons (Fsp3) is 0.655. The highest BCUT2D eigenvalue weighted by Gasteiger charge is 2.46. The first-order valence-corrected chi connectivity index (χ1v) is 13.9. The smallest absolute Gasteiger partial charge is 0.329 e. The number of hydrogen-bond donors (Lipinski definition) is 5. The number of carbonyl (C=O) groups excluding carboxylic acids is 5. The first-order valence-electron chi connectivity index (χ1n) is 13.9. The maximum atomic E-state index is 13.2. The Morgan fingerprint density at radius 3 is 2.12 bits per heavy atom. The van der Waals surface area contributed by atoms with Crippen molar-refractivity contribution in [3.8, 4) is 0 Å². The lowest BCUT2D eigenvalue weighted by molar-refractivity contribution is -0.158. The second-order valence-corrected chi connectivity index (χ2v) is 10.5. The molecule has 0 spiro atoms. The molecule has 5 N–H and O–H groups in total. The Hall–Kier alpha value is -3.74. The summed E-state index contributed by atoms with van der Waals surface area (Å²) in [5.41, 5.74) is -2.28. The van der Waals surface area contributed by atoms with E-state index >= 15 is 0 Å². The topological polar surface area (TPSA) is 197 Å². The zero-order chi connectivity index (χ0) is 32.6. The number of carboxylic acids is 1. The molecule has 0 saturated carbocycles. The SMILES string of the molecule is C=C(C)[C@@H](C)[C@H](NC(=O)[C@@](C)(O)[C@H](NC(=O)C/C=C/[C@@H](C)CCCCC)C(=O)O)C(=O)N[C@@H](CC(=O)OC)C(=O)OC. The molecule has 0 aliphatic heterocycles. The first-order chi connectivity index (χ1) is 19.5. The van der Waals surface area contributed by atoms with Crippen molar-refractivity contribution in [2.24, 2.45) is 11.8 Å². The van der Waals surface area contributed by atoms with E-state index in [1.165, 1.54) is 6.92 Å². The van der Waals surface area contributed by atoms with E-state index < -0.39 is 71.7 Å². The molecule has 0 radical (unpaired) electrons. The molecule has 6 atom stereocenters. The van der Waals surface area contributed by atoms with E-state index in [0.29, 0.717) is 5.57 Å². The number of amides is 3. The number of allylic oxidation sites excluding steroid dienone is 1. The van der Waals surface area contributed by atoms with Crippen LogP contribution in [0.25, 0.3) is 0 Å². The van der Waals surface area contributed by atoms with Gasteiger partial charge in [-0.05, 0) is 26.2 Å². The quantitative estimate of drug-likeness (QED) is 0.0824. The number of carbonyl (C=O) groups is 6. The number of rotatable bonds is 19. The lowest BCUT2D eigenvalue weighted by atomic mass is 9.90. The van der Waals surface area contributed by atoms with Crippen molar-refractivity contribution in [3.05, 3.63) is 24.3 Å². The van der Waals surface area contributed by atoms with Gasteiger partial charge in [-0.3, -0.25) is 19.2 Å². The fourth-order valence-electron chi connectivity index (χ4n) is 3.85. The molecular formula is C29H47N3O10.